The number of nitrogens with two attached hydrogens (primary N) is 1. The fourth-order valence-corrected chi connectivity index (χ4v) is 0.0556. The molecule has 0 aliphatic rings. The Morgan fingerprint density at radius 3 is 2.50 bits per heavy atom. The highest BCUT2D eigenvalue weighted by Crippen LogP contribution is 1.91. The molecule has 0 aromatic heterocycles. The Labute approximate surface area is 41.5 Å². The van der Waals surface area contributed by atoms with Gasteiger partial charge in [-0.05, 0) is 6.08 Å². The van der Waals surface area contributed by atoms with Crippen molar-refractivity contribution in [1.29, 1.82) is 0 Å². The van der Waals surface area contributed by atoms with Crippen LogP contribution in [0, 0.1) is 0 Å². The molecule has 0 rings (SSSR count). The third kappa shape index (κ3) is 2.20. The molecule has 0 amide bonds. The van der Waals surface area contributed by atoms with Gasteiger partial charge in [0.15, 0.2) is 5.56 Å². The molecule has 0 aromatic carbocycles. The second-order valence-corrected chi connectivity index (χ2v) is 1.15. The molecule has 0 unspecified atom stereocenters. The van der Waals surface area contributed by atoms with Crippen molar-refractivity contribution in [3.8, 4) is 0 Å². The molecule has 36 valence electrons. The molecule has 2 nitrogen and oxygen atoms in total. The quantitative estimate of drug-likeness (QED) is 0.319. The second-order valence-electron chi connectivity index (χ2n) is 0.723. The van der Waals surface area contributed by atoms with E-state index in [2.05, 4.69) is 17.3 Å². The highest BCUT2D eigenvalue weighted by atomic mass is 35.5. The van der Waals surface area contributed by atoms with Crippen LogP contribution in [0.25, 0.3) is 0 Å². The highest BCUT2D eigenvalue weighted by molar-refractivity contribution is 6.20. The molecule has 0 saturated carbocycles. The first kappa shape index (κ1) is 5.95. The van der Waals surface area contributed by atoms with Crippen LogP contribution in [-0.4, -0.2) is 5.56 Å². The summed E-state index contributed by atoms with van der Waals surface area (Å²) in [4.78, 5) is 4.05. The molecule has 2 N–H and O–H groups in total. The largest absolute Gasteiger partial charge is 0.281 e. The zero-order valence-corrected chi connectivity index (χ0v) is 3.98. The summed E-state index contributed by atoms with van der Waals surface area (Å²) in [5, 5.41) is 0. The van der Waals surface area contributed by atoms with Gasteiger partial charge in [-0.15, -0.1) is 0 Å². The Balaban J connectivity index is 2.96. The summed E-state index contributed by atoms with van der Waals surface area (Å²) in [6.07, 6.45) is 1.39. The minimum absolute atomic E-state index is 0.551. The van der Waals surface area contributed by atoms with Crippen LogP contribution in [0.2, 0.25) is 0 Å². The zero-order chi connectivity index (χ0) is 4.99. The number of alkyl halides is 1. The summed E-state index contributed by atoms with van der Waals surface area (Å²) >= 11 is 5.18. The van der Waals surface area contributed by atoms with Gasteiger partial charge in [-0.3, -0.25) is 4.84 Å². The van der Waals surface area contributed by atoms with E-state index < -0.39 is 5.56 Å². The van der Waals surface area contributed by atoms with Crippen LogP contribution in [0.4, 0.5) is 0 Å². The van der Waals surface area contributed by atoms with Crippen molar-refractivity contribution >= 4 is 11.6 Å². The van der Waals surface area contributed by atoms with Gasteiger partial charge in [-0.1, -0.05) is 18.2 Å². The molecule has 0 saturated heterocycles. The predicted octanol–water partition coefficient (Wildman–Crippen LogP) is 0.628. The monoisotopic (exact) mass is 107 g/mol. The first-order valence-electron chi connectivity index (χ1n) is 1.43. The standard InChI is InChI=1S/C3H6ClNO/c1-2-3(4)6-5/h2-3H,1,5H2/t3-/m0/s1. The lowest BCUT2D eigenvalue weighted by Crippen LogP contribution is -2.05. The van der Waals surface area contributed by atoms with Gasteiger partial charge in [0.25, 0.3) is 0 Å². The lowest BCUT2D eigenvalue weighted by atomic mass is 10.7. The SMILES string of the molecule is C=C[C@@H](Cl)ON. The Morgan fingerprint density at radius 1 is 2.00 bits per heavy atom. The molecular weight excluding hydrogens is 101 g/mol. The molecule has 3 heteroatoms. The van der Waals surface area contributed by atoms with Crippen LogP contribution < -0.4 is 5.90 Å². The Hall–Kier alpha value is -0.0500. The molecule has 0 heterocycles. The van der Waals surface area contributed by atoms with Crippen molar-refractivity contribution in [2.75, 3.05) is 0 Å². The lowest BCUT2D eigenvalue weighted by molar-refractivity contribution is 0.140. The van der Waals surface area contributed by atoms with Gasteiger partial charge in [-0.25, -0.2) is 5.90 Å². The van der Waals surface area contributed by atoms with Gasteiger partial charge in [-0.2, -0.15) is 0 Å². The molecule has 0 radical (unpaired) electrons. The van der Waals surface area contributed by atoms with Crippen LogP contribution in [0.3, 0.4) is 0 Å². The van der Waals surface area contributed by atoms with E-state index in [1.165, 1.54) is 6.08 Å². The van der Waals surface area contributed by atoms with Crippen molar-refractivity contribution in [1.82, 2.24) is 0 Å². The maximum Gasteiger partial charge on any atom is 0.170 e. The van der Waals surface area contributed by atoms with E-state index in [-0.39, 0.29) is 0 Å². The third-order valence-corrected chi connectivity index (χ3v) is 0.596. The van der Waals surface area contributed by atoms with Crippen molar-refractivity contribution in [3.63, 3.8) is 0 Å². The Kier molecular flexibility index (Phi) is 3.13. The number of rotatable bonds is 2. The average Bonchev–Trinajstić information content (AvgIpc) is 1.65. The molecule has 1 atom stereocenters. The van der Waals surface area contributed by atoms with Crippen LogP contribution >= 0.6 is 11.6 Å². The van der Waals surface area contributed by atoms with Gasteiger partial charge in [0.1, 0.15) is 0 Å². The first-order valence-corrected chi connectivity index (χ1v) is 1.87. The van der Waals surface area contributed by atoms with Crippen molar-refractivity contribution in [2.24, 2.45) is 5.90 Å². The van der Waals surface area contributed by atoms with Crippen LogP contribution in [-0.2, 0) is 4.84 Å². The van der Waals surface area contributed by atoms with E-state index in [4.69, 9.17) is 11.6 Å². The second kappa shape index (κ2) is 3.15. The van der Waals surface area contributed by atoms with Crippen LogP contribution in [0.5, 0.6) is 0 Å². The molecule has 0 aliphatic carbocycles. The fourth-order valence-electron chi connectivity index (χ4n) is 0.0556. The summed E-state index contributed by atoms with van der Waals surface area (Å²) in [6, 6.07) is 0. The van der Waals surface area contributed by atoms with Crippen LogP contribution in [0.1, 0.15) is 0 Å². The third-order valence-electron chi connectivity index (χ3n) is 0.315. The number of hydrogen-bond acceptors (Lipinski definition) is 2. The van der Waals surface area contributed by atoms with Crippen molar-refractivity contribution < 1.29 is 4.84 Å². The summed E-state index contributed by atoms with van der Waals surface area (Å²) in [6.45, 7) is 3.29. The van der Waals surface area contributed by atoms with E-state index in [1.54, 1.807) is 0 Å². The topological polar surface area (TPSA) is 35.2 Å². The first-order chi connectivity index (χ1) is 2.81. The predicted molar refractivity (Wildman–Crippen MR) is 25.1 cm³/mol. The molecule has 6 heavy (non-hydrogen) atoms. The van der Waals surface area contributed by atoms with Crippen molar-refractivity contribution in [3.05, 3.63) is 12.7 Å². The molecular formula is C3H6ClNO. The minimum atomic E-state index is -0.551. The normalized spacial score (nSPS) is 13.7. The summed E-state index contributed by atoms with van der Waals surface area (Å²) < 4.78 is 0. The maximum absolute atomic E-state index is 5.18. The van der Waals surface area contributed by atoms with Gasteiger partial charge in [0, 0.05) is 0 Å². The molecule has 0 spiro atoms. The minimum Gasteiger partial charge on any atom is -0.281 e. The van der Waals surface area contributed by atoms with Gasteiger partial charge in [0.2, 0.25) is 0 Å². The van der Waals surface area contributed by atoms with E-state index in [1.807, 2.05) is 0 Å². The number of hydrogen-bond donors (Lipinski definition) is 1. The van der Waals surface area contributed by atoms with Crippen LogP contribution in [0.15, 0.2) is 12.7 Å². The Morgan fingerprint density at radius 2 is 2.50 bits per heavy atom. The summed E-state index contributed by atoms with van der Waals surface area (Å²) in [7, 11) is 0. The highest BCUT2D eigenvalue weighted by Gasteiger charge is 1.88. The molecule has 0 fully saturated rings. The van der Waals surface area contributed by atoms with Gasteiger partial charge < -0.3 is 0 Å². The summed E-state index contributed by atoms with van der Waals surface area (Å²) in [5.74, 6) is 4.58. The van der Waals surface area contributed by atoms with E-state index in [0.29, 0.717) is 0 Å². The summed E-state index contributed by atoms with van der Waals surface area (Å²) in [5.41, 5.74) is -0.551. The number of halogens is 1. The smallest absolute Gasteiger partial charge is 0.170 e. The van der Waals surface area contributed by atoms with Crippen molar-refractivity contribution in [2.45, 2.75) is 5.56 Å². The molecule has 0 aliphatic heterocycles. The zero-order valence-electron chi connectivity index (χ0n) is 3.23. The van der Waals surface area contributed by atoms with Gasteiger partial charge >= 0.3 is 0 Å². The molecule has 0 aromatic rings. The lowest BCUT2D eigenvalue weighted by Gasteiger charge is -1.93. The van der Waals surface area contributed by atoms with E-state index >= 15 is 0 Å². The maximum atomic E-state index is 5.18. The average molecular weight is 108 g/mol. The van der Waals surface area contributed by atoms with E-state index in [0.717, 1.165) is 0 Å². The van der Waals surface area contributed by atoms with Gasteiger partial charge in [0.05, 0.1) is 0 Å². The fraction of sp³-hybridized carbons (Fsp3) is 0.333. The molecule has 0 bridgehead atoms. The van der Waals surface area contributed by atoms with E-state index in [9.17, 15) is 0 Å². The Bertz CT molecular complexity index is 48.1.